The third-order valence-electron chi connectivity index (χ3n) is 4.07. The molecule has 1 aromatic carbocycles. The average molecular weight is 359 g/mol. The minimum absolute atomic E-state index is 0.186. The molecule has 0 spiro atoms. The average Bonchev–Trinajstić information content (AvgIpc) is 2.57. The third kappa shape index (κ3) is 3.05. The Labute approximate surface area is 151 Å². The maximum atomic E-state index is 12.6. The number of esters is 1. The zero-order chi connectivity index (χ0) is 18.1. The summed E-state index contributed by atoms with van der Waals surface area (Å²) in [6, 6.07) is 7.48. The molecule has 0 aliphatic carbocycles. The van der Waals surface area contributed by atoms with Crippen LogP contribution in [0.5, 0.6) is 0 Å². The van der Waals surface area contributed by atoms with Gasteiger partial charge in [-0.3, -0.25) is 0 Å². The summed E-state index contributed by atoms with van der Waals surface area (Å²) in [5.74, 6) is 0.0824. The standard InChI is InChI=1S/C18H19ClN4O2/c1-4-25-18(24)13-11(3)22-17-14(20)16(19)21-9-23(17)15(13)12-7-5-6-10(2)8-12/h5-9,15H,4,20H2,1-3H3. The molecule has 0 saturated carbocycles. The first-order chi connectivity index (χ1) is 11.9. The van der Waals surface area contributed by atoms with Gasteiger partial charge in [-0.25, -0.2) is 14.8 Å². The van der Waals surface area contributed by atoms with E-state index in [1.165, 1.54) is 0 Å². The fraction of sp³-hybridized carbons (Fsp3) is 0.278. The van der Waals surface area contributed by atoms with Crippen molar-refractivity contribution in [2.45, 2.75) is 26.8 Å². The number of carbonyl (C=O) groups is 1. The molecular formula is C18H19ClN4O2. The number of aliphatic imine (C=N–C) groups is 2. The Bertz CT molecular complexity index is 854. The summed E-state index contributed by atoms with van der Waals surface area (Å²) >= 11 is 6.04. The number of halogens is 1. The zero-order valence-corrected chi connectivity index (χ0v) is 15.0. The number of hydrogen-bond donors (Lipinski definition) is 1. The molecule has 7 heteroatoms. The molecule has 6 nitrogen and oxygen atoms in total. The highest BCUT2D eigenvalue weighted by Crippen LogP contribution is 2.37. The number of carbonyl (C=O) groups excluding carboxylic acids is 1. The van der Waals surface area contributed by atoms with Crippen molar-refractivity contribution < 1.29 is 9.53 Å². The van der Waals surface area contributed by atoms with E-state index in [1.807, 2.05) is 31.2 Å². The van der Waals surface area contributed by atoms with Crippen LogP contribution in [0.1, 0.15) is 31.0 Å². The number of aryl methyl sites for hydroxylation is 1. The van der Waals surface area contributed by atoms with Crippen molar-refractivity contribution in [1.29, 1.82) is 0 Å². The molecule has 0 bridgehead atoms. The van der Waals surface area contributed by atoms with Gasteiger partial charge in [0, 0.05) is 0 Å². The Hall–Kier alpha value is -2.60. The van der Waals surface area contributed by atoms with Crippen LogP contribution in [0.15, 0.2) is 56.4 Å². The number of ether oxygens (including phenoxy) is 1. The molecule has 0 amide bonds. The van der Waals surface area contributed by atoms with Crippen LogP contribution in [0.25, 0.3) is 0 Å². The van der Waals surface area contributed by atoms with Gasteiger partial charge < -0.3 is 15.4 Å². The highest BCUT2D eigenvalue weighted by molar-refractivity contribution is 6.33. The summed E-state index contributed by atoms with van der Waals surface area (Å²) in [6.45, 7) is 5.83. The minimum Gasteiger partial charge on any atom is -0.463 e. The maximum absolute atomic E-state index is 12.6. The second kappa shape index (κ2) is 6.72. The third-order valence-corrected chi connectivity index (χ3v) is 4.37. The number of amidine groups is 1. The van der Waals surface area contributed by atoms with Crippen LogP contribution in [-0.2, 0) is 9.53 Å². The summed E-state index contributed by atoms with van der Waals surface area (Å²) in [4.78, 5) is 23.0. The predicted molar refractivity (Wildman–Crippen MR) is 98.1 cm³/mol. The van der Waals surface area contributed by atoms with E-state index < -0.39 is 12.0 Å². The van der Waals surface area contributed by atoms with Gasteiger partial charge in [0.1, 0.15) is 5.70 Å². The number of nitrogens with two attached hydrogens (primary N) is 1. The maximum Gasteiger partial charge on any atom is 0.338 e. The summed E-state index contributed by atoms with van der Waals surface area (Å²) in [6.07, 6.45) is 1.55. The second-order valence-corrected chi connectivity index (χ2v) is 6.19. The number of nitrogens with zero attached hydrogens (tertiary/aromatic N) is 3. The number of rotatable bonds is 3. The van der Waals surface area contributed by atoms with Gasteiger partial charge in [0.15, 0.2) is 11.0 Å². The molecule has 2 heterocycles. The number of allylic oxidation sites excluding steroid dienone is 1. The van der Waals surface area contributed by atoms with E-state index >= 15 is 0 Å². The van der Waals surface area contributed by atoms with Gasteiger partial charge in [-0.1, -0.05) is 41.4 Å². The quantitative estimate of drug-likeness (QED) is 0.665. The van der Waals surface area contributed by atoms with E-state index in [4.69, 9.17) is 22.1 Å². The lowest BCUT2D eigenvalue weighted by Crippen LogP contribution is -2.44. The smallest absolute Gasteiger partial charge is 0.338 e. The van der Waals surface area contributed by atoms with E-state index in [0.717, 1.165) is 11.1 Å². The fourth-order valence-corrected chi connectivity index (χ4v) is 3.10. The Kier molecular flexibility index (Phi) is 4.63. The monoisotopic (exact) mass is 358 g/mol. The van der Waals surface area contributed by atoms with Crippen molar-refractivity contribution >= 4 is 29.7 Å². The van der Waals surface area contributed by atoms with E-state index in [2.05, 4.69) is 9.98 Å². The van der Waals surface area contributed by atoms with Crippen LogP contribution < -0.4 is 5.73 Å². The van der Waals surface area contributed by atoms with Crippen LogP contribution in [0.3, 0.4) is 0 Å². The number of benzene rings is 1. The van der Waals surface area contributed by atoms with Gasteiger partial charge in [-0.15, -0.1) is 0 Å². The molecule has 3 rings (SSSR count). The first-order valence-corrected chi connectivity index (χ1v) is 8.33. The first-order valence-electron chi connectivity index (χ1n) is 7.95. The normalized spacial score (nSPS) is 19.8. The van der Waals surface area contributed by atoms with Gasteiger partial charge in [0.2, 0.25) is 0 Å². The molecule has 1 aromatic rings. The summed E-state index contributed by atoms with van der Waals surface area (Å²) in [7, 11) is 0. The van der Waals surface area contributed by atoms with Crippen LogP contribution in [0, 0.1) is 6.92 Å². The highest BCUT2D eigenvalue weighted by Gasteiger charge is 2.38. The molecule has 0 aromatic heterocycles. The Balaban J connectivity index is 2.20. The molecule has 0 radical (unpaired) electrons. The lowest BCUT2D eigenvalue weighted by Gasteiger charge is -2.37. The van der Waals surface area contributed by atoms with E-state index in [9.17, 15) is 4.79 Å². The first kappa shape index (κ1) is 17.2. The van der Waals surface area contributed by atoms with E-state index in [0.29, 0.717) is 17.1 Å². The van der Waals surface area contributed by atoms with Gasteiger partial charge in [-0.05, 0) is 26.3 Å². The Morgan fingerprint density at radius 1 is 1.40 bits per heavy atom. The van der Waals surface area contributed by atoms with Crippen LogP contribution in [0.4, 0.5) is 0 Å². The highest BCUT2D eigenvalue weighted by atomic mass is 35.5. The predicted octanol–water partition coefficient (Wildman–Crippen LogP) is 3.00. The molecule has 0 saturated heterocycles. The summed E-state index contributed by atoms with van der Waals surface area (Å²) < 4.78 is 5.25. The van der Waals surface area contributed by atoms with Crippen LogP contribution in [0.2, 0.25) is 0 Å². The van der Waals surface area contributed by atoms with Crippen molar-refractivity contribution in [3.05, 3.63) is 57.5 Å². The molecule has 130 valence electrons. The molecule has 1 atom stereocenters. The molecule has 2 N–H and O–H groups in total. The van der Waals surface area contributed by atoms with Gasteiger partial charge in [0.25, 0.3) is 0 Å². The molecule has 1 unspecified atom stereocenters. The molecular weight excluding hydrogens is 340 g/mol. The van der Waals surface area contributed by atoms with Crippen molar-refractivity contribution in [3.63, 3.8) is 0 Å². The lowest BCUT2D eigenvalue weighted by molar-refractivity contribution is -0.139. The SMILES string of the molecule is CCOC(=O)C1=C(C)N=C2C(N)=C(Cl)N=CN2C1c1cccc(C)c1. The van der Waals surface area contributed by atoms with Crippen LogP contribution in [-0.4, -0.2) is 29.7 Å². The molecule has 2 aliphatic rings. The molecule has 25 heavy (non-hydrogen) atoms. The molecule has 0 fully saturated rings. The summed E-state index contributed by atoms with van der Waals surface area (Å²) in [5, 5.41) is 0.186. The van der Waals surface area contributed by atoms with Crippen molar-refractivity contribution in [3.8, 4) is 0 Å². The van der Waals surface area contributed by atoms with Gasteiger partial charge in [-0.2, -0.15) is 0 Å². The van der Waals surface area contributed by atoms with Crippen LogP contribution >= 0.6 is 11.6 Å². The topological polar surface area (TPSA) is 80.3 Å². The van der Waals surface area contributed by atoms with E-state index in [1.54, 1.807) is 25.1 Å². The molecule has 2 aliphatic heterocycles. The van der Waals surface area contributed by atoms with Gasteiger partial charge in [0.05, 0.1) is 30.3 Å². The van der Waals surface area contributed by atoms with Crippen molar-refractivity contribution in [2.75, 3.05) is 6.61 Å². The van der Waals surface area contributed by atoms with Gasteiger partial charge >= 0.3 is 5.97 Å². The Morgan fingerprint density at radius 2 is 2.16 bits per heavy atom. The van der Waals surface area contributed by atoms with E-state index in [-0.39, 0.29) is 17.5 Å². The minimum atomic E-state index is -0.432. The number of fused-ring (bicyclic) bond motifs is 1. The largest absolute Gasteiger partial charge is 0.463 e. The summed E-state index contributed by atoms with van der Waals surface area (Å²) in [5.41, 5.74) is 9.38. The Morgan fingerprint density at radius 3 is 2.84 bits per heavy atom. The van der Waals surface area contributed by atoms with Crippen molar-refractivity contribution in [2.24, 2.45) is 15.7 Å². The zero-order valence-electron chi connectivity index (χ0n) is 14.3. The lowest BCUT2D eigenvalue weighted by atomic mass is 9.92. The second-order valence-electron chi connectivity index (χ2n) is 5.83. The fourth-order valence-electron chi connectivity index (χ4n) is 2.97. The number of hydrogen-bond acceptors (Lipinski definition) is 6. The van der Waals surface area contributed by atoms with Crippen molar-refractivity contribution in [1.82, 2.24) is 4.90 Å².